The van der Waals surface area contributed by atoms with Gasteiger partial charge in [0.2, 0.25) is 5.69 Å². The van der Waals surface area contributed by atoms with Crippen LogP contribution >= 0.6 is 22.7 Å². The van der Waals surface area contributed by atoms with Crippen molar-refractivity contribution in [2.24, 2.45) is 0 Å². The largest absolute Gasteiger partial charge is 0.307 e. The van der Waals surface area contributed by atoms with Crippen LogP contribution in [0.3, 0.4) is 0 Å². The van der Waals surface area contributed by atoms with Gasteiger partial charge in [0, 0.05) is 63.6 Å². The molecule has 0 fully saturated rings. The number of thiophene rings is 2. The minimum absolute atomic E-state index is 0.475. The van der Waals surface area contributed by atoms with Crippen molar-refractivity contribution in [3.05, 3.63) is 248 Å². The minimum atomic E-state index is 0.475. The van der Waals surface area contributed by atoms with E-state index in [1.807, 2.05) is 0 Å². The highest BCUT2D eigenvalue weighted by molar-refractivity contribution is 7.27. The third kappa shape index (κ3) is 5.74. The van der Waals surface area contributed by atoms with Crippen LogP contribution in [0.15, 0.2) is 231 Å². The second-order valence-electron chi connectivity index (χ2n) is 20.4. The quantitative estimate of drug-likeness (QED) is 0.128. The van der Waals surface area contributed by atoms with Crippen molar-refractivity contribution in [3.63, 3.8) is 0 Å². The summed E-state index contributed by atoms with van der Waals surface area (Å²) in [4.78, 5) is 4.95. The van der Waals surface area contributed by atoms with E-state index in [2.05, 4.69) is 246 Å². The minimum Gasteiger partial charge on any atom is -0.307 e. The molecule has 78 heavy (non-hydrogen) atoms. The van der Waals surface area contributed by atoms with Crippen LogP contribution in [0.1, 0.15) is 5.56 Å². The highest BCUT2D eigenvalue weighted by Gasteiger charge is 2.34. The molecule has 0 aliphatic rings. The topological polar surface area (TPSA) is 38.0 Å². The Balaban J connectivity index is 1.20. The zero-order valence-corrected chi connectivity index (χ0v) is 43.2. The smallest absolute Gasteiger partial charge is 0.206 e. The molecule has 4 nitrogen and oxygen atoms in total. The first-order chi connectivity index (χ1) is 38.7. The van der Waals surface area contributed by atoms with Gasteiger partial charge in [0.05, 0.1) is 55.0 Å². The fraction of sp³-hybridized carbons (Fsp3) is 0. The van der Waals surface area contributed by atoms with Crippen LogP contribution in [0.4, 0.5) is 5.69 Å². The maximum absolute atomic E-state index is 13.0. The Bertz CT molecular complexity index is 5280. The van der Waals surface area contributed by atoms with E-state index in [4.69, 9.17) is 4.85 Å². The van der Waals surface area contributed by atoms with E-state index >= 15 is 0 Å². The van der Waals surface area contributed by atoms with Crippen LogP contribution in [-0.4, -0.2) is 9.13 Å². The maximum atomic E-state index is 13.0. The summed E-state index contributed by atoms with van der Waals surface area (Å²) in [7, 11) is 0. The van der Waals surface area contributed by atoms with E-state index in [0.717, 1.165) is 118 Å². The van der Waals surface area contributed by atoms with Crippen molar-refractivity contribution in [2.45, 2.75) is 0 Å². The lowest BCUT2D eigenvalue weighted by Gasteiger charge is -2.27. The first-order valence-electron chi connectivity index (χ1n) is 26.2. The van der Waals surface area contributed by atoms with Gasteiger partial charge < -0.3 is 9.13 Å². The molecule has 0 saturated heterocycles. The van der Waals surface area contributed by atoms with Crippen LogP contribution in [0.2, 0.25) is 0 Å². The lowest BCUT2D eigenvalue weighted by molar-refractivity contribution is 1.13. The van der Waals surface area contributed by atoms with Gasteiger partial charge in [0.25, 0.3) is 0 Å². The number of aromatic nitrogens is 2. The molecule has 0 bridgehead atoms. The zero-order chi connectivity index (χ0) is 51.3. The van der Waals surface area contributed by atoms with Crippen molar-refractivity contribution >= 4 is 155 Å². The molecule has 0 saturated carbocycles. The molecule has 6 heteroatoms. The van der Waals surface area contributed by atoms with Gasteiger partial charge in [-0.3, -0.25) is 0 Å². The summed E-state index contributed by atoms with van der Waals surface area (Å²) in [6.07, 6.45) is 0. The number of rotatable bonds is 4. The highest BCUT2D eigenvalue weighted by Crippen LogP contribution is 2.57. The number of nitrogens with zero attached hydrogens (tertiary/aromatic N) is 4. The number of hydrogen-bond donors (Lipinski definition) is 0. The Hall–Kier alpha value is -10.1. The molecule has 358 valence electrons. The van der Waals surface area contributed by atoms with Gasteiger partial charge in [-0.1, -0.05) is 194 Å². The molecule has 17 rings (SSSR count). The van der Waals surface area contributed by atoms with Crippen molar-refractivity contribution in [3.8, 4) is 39.7 Å². The summed E-state index contributed by atoms with van der Waals surface area (Å²) < 4.78 is 9.39. The molecular formula is C72H38N4S2. The predicted molar refractivity (Wildman–Crippen MR) is 333 cm³/mol. The van der Waals surface area contributed by atoms with Gasteiger partial charge in [-0.15, -0.1) is 22.7 Å². The van der Waals surface area contributed by atoms with Gasteiger partial charge in [-0.2, -0.15) is 5.26 Å². The average molecular weight is 1020 g/mol. The number of fused-ring (bicyclic) bond motifs is 20. The Morgan fingerprint density at radius 3 is 1.15 bits per heavy atom. The molecule has 4 aromatic heterocycles. The first-order valence-corrected chi connectivity index (χ1v) is 27.8. The number of nitriles is 1. The number of para-hydroxylation sites is 2. The van der Waals surface area contributed by atoms with Crippen LogP contribution < -0.4 is 0 Å². The first kappa shape index (κ1) is 43.2. The lowest BCUT2D eigenvalue weighted by Crippen LogP contribution is -2.09. The maximum Gasteiger partial charge on any atom is 0.206 e. The zero-order valence-electron chi connectivity index (χ0n) is 41.5. The summed E-state index contributed by atoms with van der Waals surface area (Å²) in [5.41, 5.74) is 9.47. The third-order valence-electron chi connectivity index (χ3n) is 16.5. The molecule has 0 aliphatic carbocycles. The normalized spacial score (nSPS) is 12.1. The molecular weight excluding hydrogens is 985 g/mol. The molecule has 0 atom stereocenters. The van der Waals surface area contributed by atoms with Crippen molar-refractivity contribution in [2.75, 3.05) is 0 Å². The van der Waals surface area contributed by atoms with Gasteiger partial charge in [-0.05, 0) is 90.6 Å². The van der Waals surface area contributed by atoms with Gasteiger partial charge in [-0.25, -0.2) is 4.85 Å². The fourth-order valence-corrected chi connectivity index (χ4v) is 15.8. The Labute approximate surface area is 454 Å². The van der Waals surface area contributed by atoms with E-state index in [1.54, 1.807) is 22.7 Å². The lowest BCUT2D eigenvalue weighted by atomic mass is 9.84. The Morgan fingerprint density at radius 1 is 0.359 bits per heavy atom. The average Bonchev–Trinajstić information content (AvgIpc) is 4.41. The van der Waals surface area contributed by atoms with Crippen LogP contribution in [-0.2, 0) is 0 Å². The van der Waals surface area contributed by atoms with E-state index in [-0.39, 0.29) is 0 Å². The Kier molecular flexibility index (Phi) is 8.98. The Morgan fingerprint density at radius 2 is 0.718 bits per heavy atom. The summed E-state index contributed by atoms with van der Waals surface area (Å²) >= 11 is 3.58. The van der Waals surface area contributed by atoms with Gasteiger partial charge in [0.1, 0.15) is 6.07 Å². The molecule has 0 N–H and O–H groups in total. The molecule has 0 unspecified atom stereocenters. The second kappa shape index (κ2) is 16.2. The monoisotopic (exact) mass is 1020 g/mol. The van der Waals surface area contributed by atoms with E-state index in [1.165, 1.54) is 20.2 Å². The molecule has 17 aromatic rings. The van der Waals surface area contributed by atoms with Crippen LogP contribution in [0, 0.1) is 17.9 Å². The summed E-state index contributed by atoms with van der Waals surface area (Å²) in [6, 6.07) is 85.6. The molecule has 13 aromatic carbocycles. The third-order valence-corrected chi connectivity index (χ3v) is 18.9. The summed E-state index contributed by atoms with van der Waals surface area (Å²) in [6.45, 7) is 10.0. The van der Waals surface area contributed by atoms with Gasteiger partial charge >= 0.3 is 0 Å². The standard InChI is InChI=1S/C72H38N4S2/c1-74-66-64(57-38-41-18-2-4-20-43(41)45-22-6-8-24-47(45)57)67(75-60-30-14-10-26-49(60)53-34-36-55-51-28-12-16-32-62(51)77-71(55)69(53)75)59(40-73)68(65(66)58-39-42-19-3-5-21-44(42)46-23-7-9-25-48(46)58)76-61-31-15-11-27-50(61)54-35-37-56-52-29-13-17-33-63(52)78-72(56)70(54)76/h2-39H. The van der Waals surface area contributed by atoms with Crippen molar-refractivity contribution in [1.29, 1.82) is 5.26 Å². The second-order valence-corrected chi connectivity index (χ2v) is 22.5. The number of hydrogen-bond acceptors (Lipinski definition) is 3. The molecule has 0 amide bonds. The molecule has 0 radical (unpaired) electrons. The SMILES string of the molecule is [C-]#[N+]c1c(-c2cc3ccccc3c3ccccc23)c(-n2c3ccccc3c3ccc4c5ccccc5sc4c32)c(C#N)c(-n2c3ccccc3c3ccc4c5ccccc5sc4c32)c1-c1cc2ccccc2c2ccccc12. The van der Waals surface area contributed by atoms with Gasteiger partial charge in [0.15, 0.2) is 0 Å². The van der Waals surface area contributed by atoms with Crippen LogP contribution in [0.5, 0.6) is 0 Å². The van der Waals surface area contributed by atoms with E-state index < -0.39 is 0 Å². The molecule has 0 spiro atoms. The summed E-state index contributed by atoms with van der Waals surface area (Å²) in [5.74, 6) is 0. The predicted octanol–water partition coefficient (Wildman–Crippen LogP) is 21.0. The molecule has 0 aliphatic heterocycles. The fourth-order valence-electron chi connectivity index (χ4n) is 13.3. The number of benzene rings is 13. The molecule has 4 heterocycles. The van der Waals surface area contributed by atoms with Crippen LogP contribution in [0.25, 0.3) is 166 Å². The summed E-state index contributed by atoms with van der Waals surface area (Å²) in [5, 5.41) is 30.5. The van der Waals surface area contributed by atoms with Crippen molar-refractivity contribution < 1.29 is 0 Å². The van der Waals surface area contributed by atoms with E-state index in [0.29, 0.717) is 33.8 Å². The highest BCUT2D eigenvalue weighted by atomic mass is 32.1. The van der Waals surface area contributed by atoms with Crippen molar-refractivity contribution in [1.82, 2.24) is 9.13 Å². The van der Waals surface area contributed by atoms with E-state index in [9.17, 15) is 11.8 Å².